The molecule has 0 unspecified atom stereocenters. The minimum Gasteiger partial charge on any atom is -0.372 e. The molecule has 4 nitrogen and oxygen atoms in total. The molecule has 0 radical (unpaired) electrons. The molecule has 0 heterocycles. The summed E-state index contributed by atoms with van der Waals surface area (Å²) in [6.45, 7) is 0.517. The van der Waals surface area contributed by atoms with Crippen LogP contribution in [-0.4, -0.2) is 31.9 Å². The molecule has 1 aromatic rings. The van der Waals surface area contributed by atoms with Gasteiger partial charge in [0.2, 0.25) is 11.6 Å². The Morgan fingerprint density at radius 3 is 2.48 bits per heavy atom. The normalized spacial score (nSPS) is 29.8. The molecule has 4 heteroatoms. The second-order valence-electron chi connectivity index (χ2n) is 5.53. The highest BCUT2D eigenvalue weighted by molar-refractivity contribution is 5.92. The van der Waals surface area contributed by atoms with E-state index < -0.39 is 5.79 Å². The zero-order valence-corrected chi connectivity index (χ0v) is 12.3. The van der Waals surface area contributed by atoms with Crippen molar-refractivity contribution in [3.63, 3.8) is 0 Å². The molecule has 3 aliphatic carbocycles. The number of methoxy groups -OCH3 is 2. The first-order valence-corrected chi connectivity index (χ1v) is 7.19. The molecule has 1 fully saturated rings. The van der Waals surface area contributed by atoms with Crippen molar-refractivity contribution in [2.75, 3.05) is 14.2 Å². The summed E-state index contributed by atoms with van der Waals surface area (Å²) in [6, 6.07) is 9.99. The lowest BCUT2D eigenvalue weighted by molar-refractivity contribution is -0.245. The molecule has 2 bridgehead atoms. The Bertz CT molecular complexity index is 533. The number of ketones is 1. The predicted molar refractivity (Wildman–Crippen MR) is 77.5 cm³/mol. The van der Waals surface area contributed by atoms with Gasteiger partial charge in [0.15, 0.2) is 0 Å². The fraction of sp³-hybridized carbons (Fsp3) is 0.471. The lowest BCUT2D eigenvalue weighted by Gasteiger charge is -2.47. The topological polar surface area (TPSA) is 44.8 Å². The number of carbonyl (C=O) groups is 1. The lowest BCUT2D eigenvalue weighted by atomic mass is 9.69. The summed E-state index contributed by atoms with van der Waals surface area (Å²) in [4.78, 5) is 12.6. The van der Waals surface area contributed by atoms with Crippen LogP contribution in [0.4, 0.5) is 0 Å². The summed E-state index contributed by atoms with van der Waals surface area (Å²) in [6.07, 6.45) is 4.58. The molecule has 3 aliphatic rings. The van der Waals surface area contributed by atoms with E-state index in [-0.39, 0.29) is 23.7 Å². The van der Waals surface area contributed by atoms with E-state index in [1.165, 1.54) is 14.2 Å². The Hall–Kier alpha value is -1.49. The lowest BCUT2D eigenvalue weighted by Crippen LogP contribution is -2.60. The third-order valence-electron chi connectivity index (χ3n) is 4.49. The van der Waals surface area contributed by atoms with Crippen LogP contribution in [0.15, 0.2) is 42.5 Å². The van der Waals surface area contributed by atoms with Gasteiger partial charge in [-0.25, -0.2) is 0 Å². The van der Waals surface area contributed by atoms with Crippen molar-refractivity contribution in [2.24, 2.45) is 11.8 Å². The van der Waals surface area contributed by atoms with Gasteiger partial charge in [0, 0.05) is 20.1 Å². The van der Waals surface area contributed by atoms with Crippen LogP contribution in [-0.2, 0) is 25.6 Å². The highest BCUT2D eigenvalue weighted by atomic mass is 16.7. The SMILES string of the molecule is COC1(OC)C(=O)[C@H]2C=C[C@@H]1C[C@@H]2OCc1ccccc1. The van der Waals surface area contributed by atoms with E-state index in [2.05, 4.69) is 0 Å². The number of fused-ring (bicyclic) bond motifs is 2. The first kappa shape index (κ1) is 14.4. The first-order valence-electron chi connectivity index (χ1n) is 7.19. The molecular weight excluding hydrogens is 268 g/mol. The maximum atomic E-state index is 12.6. The van der Waals surface area contributed by atoms with Crippen LogP contribution in [0.3, 0.4) is 0 Å². The van der Waals surface area contributed by atoms with Gasteiger partial charge < -0.3 is 14.2 Å². The van der Waals surface area contributed by atoms with Crippen LogP contribution >= 0.6 is 0 Å². The summed E-state index contributed by atoms with van der Waals surface area (Å²) in [7, 11) is 3.05. The second kappa shape index (κ2) is 5.72. The van der Waals surface area contributed by atoms with Gasteiger partial charge in [0.05, 0.1) is 18.6 Å². The van der Waals surface area contributed by atoms with E-state index >= 15 is 0 Å². The number of hydrogen-bond acceptors (Lipinski definition) is 4. The molecule has 0 spiro atoms. The highest BCUT2D eigenvalue weighted by Crippen LogP contribution is 2.44. The van der Waals surface area contributed by atoms with Gasteiger partial charge in [-0.05, 0) is 12.0 Å². The van der Waals surface area contributed by atoms with Crippen LogP contribution in [0.5, 0.6) is 0 Å². The fourth-order valence-electron chi connectivity index (χ4n) is 3.34. The third-order valence-corrected chi connectivity index (χ3v) is 4.49. The van der Waals surface area contributed by atoms with Gasteiger partial charge in [-0.2, -0.15) is 0 Å². The molecule has 3 atom stereocenters. The van der Waals surface area contributed by atoms with Crippen molar-refractivity contribution < 1.29 is 19.0 Å². The summed E-state index contributed by atoms with van der Waals surface area (Å²) in [5.74, 6) is -1.56. The summed E-state index contributed by atoms with van der Waals surface area (Å²) >= 11 is 0. The summed E-state index contributed by atoms with van der Waals surface area (Å²) in [5, 5.41) is 0. The zero-order valence-electron chi connectivity index (χ0n) is 12.3. The largest absolute Gasteiger partial charge is 0.372 e. The smallest absolute Gasteiger partial charge is 0.235 e. The van der Waals surface area contributed by atoms with Crippen molar-refractivity contribution in [1.82, 2.24) is 0 Å². The quantitative estimate of drug-likeness (QED) is 0.616. The maximum Gasteiger partial charge on any atom is 0.235 e. The van der Waals surface area contributed by atoms with Crippen LogP contribution in [0.2, 0.25) is 0 Å². The minimum atomic E-state index is -1.13. The molecule has 4 rings (SSSR count). The number of ether oxygens (including phenoxy) is 3. The Morgan fingerprint density at radius 2 is 1.86 bits per heavy atom. The molecule has 0 amide bonds. The zero-order chi connectivity index (χ0) is 14.9. The number of rotatable bonds is 5. The number of hydrogen-bond donors (Lipinski definition) is 0. The fourth-order valence-corrected chi connectivity index (χ4v) is 3.34. The number of Topliss-reactive ketones (excluding diaryl/α,β-unsaturated/α-hetero) is 1. The minimum absolute atomic E-state index is 0.0377. The molecule has 0 saturated heterocycles. The Labute approximate surface area is 124 Å². The first-order chi connectivity index (χ1) is 10.2. The average Bonchev–Trinajstić information content (AvgIpc) is 2.55. The van der Waals surface area contributed by atoms with Gasteiger partial charge in [-0.1, -0.05) is 42.5 Å². The molecule has 1 saturated carbocycles. The molecular formula is C17H20O4. The van der Waals surface area contributed by atoms with E-state index in [0.29, 0.717) is 6.61 Å². The van der Waals surface area contributed by atoms with Crippen molar-refractivity contribution >= 4 is 5.78 Å². The second-order valence-corrected chi connectivity index (χ2v) is 5.53. The molecule has 0 N–H and O–H groups in total. The Morgan fingerprint density at radius 1 is 1.14 bits per heavy atom. The van der Waals surface area contributed by atoms with Crippen molar-refractivity contribution in [3.05, 3.63) is 48.0 Å². The number of carbonyl (C=O) groups excluding carboxylic acids is 1. The maximum absolute atomic E-state index is 12.6. The van der Waals surface area contributed by atoms with E-state index in [4.69, 9.17) is 14.2 Å². The van der Waals surface area contributed by atoms with Crippen LogP contribution in [0.1, 0.15) is 12.0 Å². The Kier molecular flexibility index (Phi) is 3.93. The van der Waals surface area contributed by atoms with Gasteiger partial charge in [-0.3, -0.25) is 4.79 Å². The average molecular weight is 288 g/mol. The third kappa shape index (κ3) is 2.33. The highest BCUT2D eigenvalue weighted by Gasteiger charge is 2.57. The van der Waals surface area contributed by atoms with Crippen LogP contribution in [0.25, 0.3) is 0 Å². The van der Waals surface area contributed by atoms with E-state index in [0.717, 1.165) is 12.0 Å². The van der Waals surface area contributed by atoms with Crippen molar-refractivity contribution in [2.45, 2.75) is 24.9 Å². The standard InChI is InChI=1S/C17H20O4/c1-19-17(20-2)13-8-9-14(16(17)18)15(10-13)21-11-12-6-4-3-5-7-12/h3-9,13-15H,10-11H2,1-2H3/t13-,14+,15+/m1/s1. The molecule has 112 valence electrons. The molecule has 0 aliphatic heterocycles. The monoisotopic (exact) mass is 288 g/mol. The van der Waals surface area contributed by atoms with Crippen molar-refractivity contribution in [1.29, 1.82) is 0 Å². The van der Waals surface area contributed by atoms with Gasteiger partial charge >= 0.3 is 0 Å². The van der Waals surface area contributed by atoms with Crippen LogP contribution in [0, 0.1) is 11.8 Å². The van der Waals surface area contributed by atoms with E-state index in [1.54, 1.807) is 0 Å². The molecule has 1 aromatic carbocycles. The summed E-state index contributed by atoms with van der Waals surface area (Å²) < 4.78 is 16.8. The summed E-state index contributed by atoms with van der Waals surface area (Å²) in [5.41, 5.74) is 1.11. The van der Waals surface area contributed by atoms with Gasteiger partial charge in [0.1, 0.15) is 0 Å². The Balaban J connectivity index is 1.72. The predicted octanol–water partition coefficient (Wildman–Crippen LogP) is 2.34. The van der Waals surface area contributed by atoms with E-state index in [9.17, 15) is 4.79 Å². The molecule has 0 aromatic heterocycles. The molecule has 21 heavy (non-hydrogen) atoms. The van der Waals surface area contributed by atoms with Crippen LogP contribution < -0.4 is 0 Å². The van der Waals surface area contributed by atoms with Gasteiger partial charge in [0.25, 0.3) is 0 Å². The number of benzene rings is 1. The van der Waals surface area contributed by atoms with E-state index in [1.807, 2.05) is 42.5 Å². The van der Waals surface area contributed by atoms with Gasteiger partial charge in [-0.15, -0.1) is 0 Å². The van der Waals surface area contributed by atoms with Crippen molar-refractivity contribution in [3.8, 4) is 0 Å².